The molecule has 0 bridgehead atoms. The van der Waals surface area contributed by atoms with Crippen molar-refractivity contribution in [2.45, 2.75) is 24.3 Å². The zero-order chi connectivity index (χ0) is 14.4. The molecule has 2 unspecified atom stereocenters. The molecule has 0 saturated carbocycles. The molecule has 0 N–H and O–H groups in total. The molecule has 0 saturated heterocycles. The van der Waals surface area contributed by atoms with Crippen LogP contribution in [0.5, 0.6) is 0 Å². The van der Waals surface area contributed by atoms with Crippen LogP contribution in [0.1, 0.15) is 29.8 Å². The molecule has 0 spiro atoms. The van der Waals surface area contributed by atoms with E-state index in [-0.39, 0.29) is 5.38 Å². The van der Waals surface area contributed by atoms with Crippen molar-refractivity contribution in [3.05, 3.63) is 71.8 Å². The summed E-state index contributed by atoms with van der Waals surface area (Å²) in [4.78, 5) is 4.37. The maximum atomic E-state index is 6.55. The molecule has 0 aromatic heterocycles. The maximum Gasteiger partial charge on any atom is 0.0948 e. The van der Waals surface area contributed by atoms with Crippen molar-refractivity contribution in [3.8, 4) is 0 Å². The SMILES string of the molecule is CC(CC(Cl)c1ccccc1)(N=C=S)c1ccccc1. The van der Waals surface area contributed by atoms with Crippen LogP contribution < -0.4 is 0 Å². The van der Waals surface area contributed by atoms with Gasteiger partial charge < -0.3 is 0 Å². The lowest BCUT2D eigenvalue weighted by molar-refractivity contribution is 0.452. The van der Waals surface area contributed by atoms with Crippen LogP contribution in [0.4, 0.5) is 0 Å². The molecule has 0 aliphatic heterocycles. The van der Waals surface area contributed by atoms with Crippen molar-refractivity contribution >= 4 is 29.0 Å². The van der Waals surface area contributed by atoms with E-state index in [9.17, 15) is 0 Å². The van der Waals surface area contributed by atoms with Gasteiger partial charge in [0.15, 0.2) is 0 Å². The van der Waals surface area contributed by atoms with Gasteiger partial charge in [-0.25, -0.2) is 4.99 Å². The summed E-state index contributed by atoms with van der Waals surface area (Å²) in [6.45, 7) is 2.04. The Morgan fingerprint density at radius 1 is 1.10 bits per heavy atom. The van der Waals surface area contributed by atoms with Crippen molar-refractivity contribution in [2.75, 3.05) is 0 Å². The fourth-order valence-electron chi connectivity index (χ4n) is 2.25. The molecular formula is C17H16ClNS. The molecule has 2 atom stereocenters. The van der Waals surface area contributed by atoms with E-state index in [2.05, 4.69) is 10.2 Å². The Morgan fingerprint density at radius 3 is 2.20 bits per heavy atom. The molecule has 2 aromatic carbocycles. The van der Waals surface area contributed by atoms with Crippen LogP contribution in [0.25, 0.3) is 0 Å². The van der Waals surface area contributed by atoms with E-state index < -0.39 is 5.54 Å². The molecule has 2 rings (SSSR count). The molecule has 20 heavy (non-hydrogen) atoms. The molecule has 3 heteroatoms. The van der Waals surface area contributed by atoms with Crippen LogP contribution in [0.3, 0.4) is 0 Å². The average molecular weight is 302 g/mol. The van der Waals surface area contributed by atoms with E-state index in [1.807, 2.05) is 67.6 Å². The standard InChI is InChI=1S/C17H16ClNS/c1-17(19-13-20,15-10-6-3-7-11-15)12-16(18)14-8-4-2-5-9-14/h2-11,16H,12H2,1H3. The summed E-state index contributed by atoms with van der Waals surface area (Å²) in [5, 5.41) is 2.40. The zero-order valence-corrected chi connectivity index (χ0v) is 12.9. The van der Waals surface area contributed by atoms with Gasteiger partial charge in [0, 0.05) is 0 Å². The fraction of sp³-hybridized carbons (Fsp3) is 0.235. The first-order valence-electron chi connectivity index (χ1n) is 6.49. The number of halogens is 1. The molecule has 0 heterocycles. The summed E-state index contributed by atoms with van der Waals surface area (Å²) in [7, 11) is 0. The first kappa shape index (κ1) is 14.9. The normalized spacial score (nSPS) is 14.9. The number of isothiocyanates is 1. The number of aliphatic imine (C=N–C) groups is 1. The van der Waals surface area contributed by atoms with Crippen molar-refractivity contribution in [1.82, 2.24) is 0 Å². The van der Waals surface area contributed by atoms with Gasteiger partial charge in [0.1, 0.15) is 0 Å². The minimum Gasteiger partial charge on any atom is -0.221 e. The van der Waals surface area contributed by atoms with Crippen molar-refractivity contribution < 1.29 is 0 Å². The fourth-order valence-corrected chi connectivity index (χ4v) is 2.90. The summed E-state index contributed by atoms with van der Waals surface area (Å²) in [6, 6.07) is 20.1. The van der Waals surface area contributed by atoms with E-state index in [0.717, 1.165) is 11.1 Å². The predicted octanol–water partition coefficient (Wildman–Crippen LogP) is 5.37. The van der Waals surface area contributed by atoms with Gasteiger partial charge in [-0.2, -0.15) is 0 Å². The van der Waals surface area contributed by atoms with E-state index in [1.165, 1.54) is 0 Å². The molecule has 0 aliphatic carbocycles. The highest BCUT2D eigenvalue weighted by atomic mass is 35.5. The molecule has 2 aromatic rings. The van der Waals surface area contributed by atoms with Crippen LogP contribution >= 0.6 is 23.8 Å². The third kappa shape index (κ3) is 3.55. The summed E-state index contributed by atoms with van der Waals surface area (Å²) in [5.74, 6) is 0. The first-order chi connectivity index (χ1) is 9.65. The van der Waals surface area contributed by atoms with Gasteiger partial charge >= 0.3 is 0 Å². The van der Waals surface area contributed by atoms with Crippen LogP contribution in [0.15, 0.2) is 65.7 Å². The second-order valence-corrected chi connectivity index (χ2v) is 5.63. The largest absolute Gasteiger partial charge is 0.221 e. The van der Waals surface area contributed by atoms with Gasteiger partial charge in [0.2, 0.25) is 0 Å². The lowest BCUT2D eigenvalue weighted by atomic mass is 9.86. The zero-order valence-electron chi connectivity index (χ0n) is 11.3. The van der Waals surface area contributed by atoms with Crippen LogP contribution in [0.2, 0.25) is 0 Å². The number of nitrogens with zero attached hydrogens (tertiary/aromatic N) is 1. The third-order valence-electron chi connectivity index (χ3n) is 3.43. The molecule has 0 aliphatic rings. The van der Waals surface area contributed by atoms with Crippen molar-refractivity contribution in [2.24, 2.45) is 4.99 Å². The highest BCUT2D eigenvalue weighted by Gasteiger charge is 2.29. The van der Waals surface area contributed by atoms with Gasteiger partial charge in [0.05, 0.1) is 16.1 Å². The van der Waals surface area contributed by atoms with Gasteiger partial charge in [-0.3, -0.25) is 0 Å². The maximum absolute atomic E-state index is 6.55. The predicted molar refractivity (Wildman–Crippen MR) is 88.5 cm³/mol. The summed E-state index contributed by atoms with van der Waals surface area (Å²) in [5.41, 5.74) is 1.74. The molecule has 102 valence electrons. The Morgan fingerprint density at radius 2 is 1.65 bits per heavy atom. The number of hydrogen-bond donors (Lipinski definition) is 0. The lowest BCUT2D eigenvalue weighted by Gasteiger charge is -2.27. The van der Waals surface area contributed by atoms with Crippen LogP contribution in [-0.4, -0.2) is 5.16 Å². The van der Waals surface area contributed by atoms with Gasteiger partial charge in [-0.05, 0) is 36.7 Å². The Labute approximate surface area is 130 Å². The van der Waals surface area contributed by atoms with Crippen molar-refractivity contribution in [1.29, 1.82) is 0 Å². The summed E-state index contributed by atoms with van der Waals surface area (Å²) < 4.78 is 0. The van der Waals surface area contributed by atoms with E-state index in [0.29, 0.717) is 6.42 Å². The lowest BCUT2D eigenvalue weighted by Crippen LogP contribution is -2.21. The van der Waals surface area contributed by atoms with E-state index in [4.69, 9.17) is 23.8 Å². The number of hydrogen-bond acceptors (Lipinski definition) is 2. The minimum atomic E-state index is -0.453. The second-order valence-electron chi connectivity index (χ2n) is 4.93. The van der Waals surface area contributed by atoms with Gasteiger partial charge in [-0.15, -0.1) is 11.6 Å². The number of rotatable bonds is 5. The van der Waals surface area contributed by atoms with Crippen LogP contribution in [-0.2, 0) is 5.54 Å². The summed E-state index contributed by atoms with van der Waals surface area (Å²) >= 11 is 11.4. The Kier molecular flexibility index (Phi) is 5.08. The molecule has 0 amide bonds. The monoisotopic (exact) mass is 301 g/mol. The average Bonchev–Trinajstić information content (AvgIpc) is 2.49. The topological polar surface area (TPSA) is 12.4 Å². The number of alkyl halides is 1. The highest BCUT2D eigenvalue weighted by Crippen LogP contribution is 2.38. The molecular weight excluding hydrogens is 286 g/mol. The number of benzene rings is 2. The second kappa shape index (κ2) is 6.81. The Hall–Kier alpha value is -1.47. The van der Waals surface area contributed by atoms with E-state index in [1.54, 1.807) is 0 Å². The van der Waals surface area contributed by atoms with Gasteiger partial charge in [0.25, 0.3) is 0 Å². The quantitative estimate of drug-likeness (QED) is 0.410. The smallest absolute Gasteiger partial charge is 0.0948 e. The molecule has 1 nitrogen and oxygen atoms in total. The summed E-state index contributed by atoms with van der Waals surface area (Å²) in [6.07, 6.45) is 0.673. The minimum absolute atomic E-state index is 0.117. The molecule has 0 fully saturated rings. The van der Waals surface area contributed by atoms with Gasteiger partial charge in [-0.1, -0.05) is 60.7 Å². The molecule has 0 radical (unpaired) electrons. The van der Waals surface area contributed by atoms with Crippen LogP contribution in [0, 0.1) is 0 Å². The van der Waals surface area contributed by atoms with Crippen molar-refractivity contribution in [3.63, 3.8) is 0 Å². The Balaban J connectivity index is 2.29. The highest BCUT2D eigenvalue weighted by molar-refractivity contribution is 7.78. The first-order valence-corrected chi connectivity index (χ1v) is 7.34. The third-order valence-corrected chi connectivity index (χ3v) is 3.92. The number of thiocarbonyl (C=S) groups is 1. The van der Waals surface area contributed by atoms with E-state index >= 15 is 0 Å². The Bertz CT molecular complexity index is 593.